The molecule has 0 spiro atoms. The summed E-state index contributed by atoms with van der Waals surface area (Å²) in [6.07, 6.45) is 1.46. The van der Waals surface area contributed by atoms with E-state index in [1.165, 1.54) is 6.08 Å². The van der Waals surface area contributed by atoms with Crippen molar-refractivity contribution in [2.75, 3.05) is 0 Å². The molecule has 3 nitrogen and oxygen atoms in total. The first kappa shape index (κ1) is 7.44. The van der Waals surface area contributed by atoms with Gasteiger partial charge in [-0.05, 0) is 17.7 Å². The van der Waals surface area contributed by atoms with Crippen LogP contribution in [0.15, 0.2) is 6.58 Å². The Morgan fingerprint density at radius 2 is 2.00 bits per heavy atom. The average molecular weight is 176 g/mol. The molecule has 0 fully saturated rings. The maximum atomic E-state index is 5.56. The molecule has 1 heterocycles. The summed E-state index contributed by atoms with van der Waals surface area (Å²) >= 11 is 10.9. The lowest BCUT2D eigenvalue weighted by Crippen LogP contribution is -1.91. The van der Waals surface area contributed by atoms with E-state index in [2.05, 4.69) is 21.8 Å². The molecule has 0 aliphatic heterocycles. The number of halogens is 2. The SMILES string of the molecule is C=Cc1nnc(Cl)nc1Cl. The normalized spacial score (nSPS) is 9.40. The van der Waals surface area contributed by atoms with Gasteiger partial charge in [-0.25, -0.2) is 4.98 Å². The minimum absolute atomic E-state index is 0.0376. The largest absolute Gasteiger partial charge is 0.244 e. The minimum Gasteiger partial charge on any atom is -0.202 e. The van der Waals surface area contributed by atoms with Crippen LogP contribution in [0.3, 0.4) is 0 Å². The van der Waals surface area contributed by atoms with Gasteiger partial charge in [0.05, 0.1) is 0 Å². The van der Waals surface area contributed by atoms with E-state index in [0.29, 0.717) is 5.69 Å². The predicted octanol–water partition coefficient (Wildman–Crippen LogP) is 1.82. The van der Waals surface area contributed by atoms with Crippen molar-refractivity contribution < 1.29 is 0 Å². The topological polar surface area (TPSA) is 38.7 Å². The number of aromatic nitrogens is 3. The third kappa shape index (κ3) is 1.43. The van der Waals surface area contributed by atoms with E-state index >= 15 is 0 Å². The summed E-state index contributed by atoms with van der Waals surface area (Å²) in [6, 6.07) is 0. The van der Waals surface area contributed by atoms with Gasteiger partial charge in [0.2, 0.25) is 5.28 Å². The lowest BCUT2D eigenvalue weighted by molar-refractivity contribution is 0.958. The molecule has 1 rings (SSSR count). The van der Waals surface area contributed by atoms with Crippen LogP contribution in [0, 0.1) is 0 Å². The molecule has 0 saturated heterocycles. The van der Waals surface area contributed by atoms with E-state index in [1.807, 2.05) is 0 Å². The highest BCUT2D eigenvalue weighted by molar-refractivity contribution is 6.32. The van der Waals surface area contributed by atoms with Crippen LogP contribution in [0.5, 0.6) is 0 Å². The summed E-state index contributed by atoms with van der Waals surface area (Å²) in [5, 5.41) is 7.32. The smallest absolute Gasteiger partial charge is 0.202 e. The van der Waals surface area contributed by atoms with Gasteiger partial charge in [0.1, 0.15) is 5.69 Å². The third-order valence-corrected chi connectivity index (χ3v) is 1.27. The Hall–Kier alpha value is -0.670. The van der Waals surface area contributed by atoms with Crippen molar-refractivity contribution in [1.82, 2.24) is 15.2 Å². The first-order valence-corrected chi connectivity index (χ1v) is 3.18. The highest BCUT2D eigenvalue weighted by Gasteiger charge is 1.99. The lowest BCUT2D eigenvalue weighted by Gasteiger charge is -1.92. The molecule has 0 aliphatic rings. The molecular formula is C5H3Cl2N3. The van der Waals surface area contributed by atoms with Crippen molar-refractivity contribution in [3.05, 3.63) is 22.7 Å². The zero-order valence-corrected chi connectivity index (χ0v) is 6.39. The summed E-state index contributed by atoms with van der Waals surface area (Å²) < 4.78 is 0. The van der Waals surface area contributed by atoms with Gasteiger partial charge >= 0.3 is 0 Å². The molecule has 0 bridgehead atoms. The Labute approximate surface area is 67.7 Å². The monoisotopic (exact) mass is 175 g/mol. The summed E-state index contributed by atoms with van der Waals surface area (Å²) in [5.41, 5.74) is 0.436. The van der Waals surface area contributed by atoms with Crippen LogP contribution in [0.2, 0.25) is 10.4 Å². The standard InChI is InChI=1S/C5H3Cl2N3/c1-2-3-4(6)8-5(7)10-9-3/h2H,1H2. The van der Waals surface area contributed by atoms with Crippen LogP contribution in [0.1, 0.15) is 5.69 Å². The quantitative estimate of drug-likeness (QED) is 0.654. The van der Waals surface area contributed by atoms with Crippen molar-refractivity contribution in [2.24, 2.45) is 0 Å². The summed E-state index contributed by atoms with van der Waals surface area (Å²) in [6.45, 7) is 3.45. The highest BCUT2D eigenvalue weighted by Crippen LogP contribution is 2.11. The number of nitrogens with zero attached hydrogens (tertiary/aromatic N) is 3. The van der Waals surface area contributed by atoms with Crippen molar-refractivity contribution in [2.45, 2.75) is 0 Å². The Bertz CT molecular complexity index is 261. The van der Waals surface area contributed by atoms with Crippen molar-refractivity contribution in [3.8, 4) is 0 Å². The van der Waals surface area contributed by atoms with Crippen LogP contribution in [0.25, 0.3) is 6.08 Å². The van der Waals surface area contributed by atoms with E-state index in [1.54, 1.807) is 0 Å². The second kappa shape index (κ2) is 2.94. The third-order valence-electron chi connectivity index (χ3n) is 0.835. The van der Waals surface area contributed by atoms with Gasteiger partial charge < -0.3 is 0 Å². The fourth-order valence-electron chi connectivity index (χ4n) is 0.422. The maximum Gasteiger partial charge on any atom is 0.244 e. The molecule has 0 amide bonds. The molecule has 0 saturated carbocycles. The average Bonchev–Trinajstić information content (AvgIpc) is 1.88. The summed E-state index contributed by atoms with van der Waals surface area (Å²) in [4.78, 5) is 3.63. The molecule has 52 valence electrons. The van der Waals surface area contributed by atoms with Crippen LogP contribution < -0.4 is 0 Å². The minimum atomic E-state index is 0.0376. The van der Waals surface area contributed by atoms with Crippen molar-refractivity contribution in [1.29, 1.82) is 0 Å². The number of rotatable bonds is 1. The Kier molecular flexibility index (Phi) is 2.19. The molecule has 0 aromatic carbocycles. The van der Waals surface area contributed by atoms with Crippen LogP contribution >= 0.6 is 23.2 Å². The summed E-state index contributed by atoms with van der Waals surface area (Å²) in [7, 11) is 0. The fourth-order valence-corrected chi connectivity index (χ4v) is 0.783. The molecule has 10 heavy (non-hydrogen) atoms. The van der Waals surface area contributed by atoms with E-state index < -0.39 is 0 Å². The molecule has 0 unspecified atom stereocenters. The molecule has 0 radical (unpaired) electrons. The van der Waals surface area contributed by atoms with Gasteiger partial charge in [-0.3, -0.25) is 0 Å². The van der Waals surface area contributed by atoms with Crippen LogP contribution in [-0.2, 0) is 0 Å². The Balaban J connectivity index is 3.19. The highest BCUT2D eigenvalue weighted by atomic mass is 35.5. The summed E-state index contributed by atoms with van der Waals surface area (Å²) in [5.74, 6) is 0. The zero-order chi connectivity index (χ0) is 7.56. The predicted molar refractivity (Wildman–Crippen MR) is 39.9 cm³/mol. The van der Waals surface area contributed by atoms with Gasteiger partial charge in [0.15, 0.2) is 5.15 Å². The van der Waals surface area contributed by atoms with Crippen molar-refractivity contribution in [3.63, 3.8) is 0 Å². The van der Waals surface area contributed by atoms with Gasteiger partial charge in [-0.1, -0.05) is 18.2 Å². The molecule has 1 aromatic heterocycles. The molecule has 5 heteroatoms. The molecular weight excluding hydrogens is 173 g/mol. The van der Waals surface area contributed by atoms with Gasteiger partial charge in [-0.2, -0.15) is 0 Å². The van der Waals surface area contributed by atoms with Crippen molar-refractivity contribution >= 4 is 29.3 Å². The Morgan fingerprint density at radius 3 is 2.50 bits per heavy atom. The van der Waals surface area contributed by atoms with Crippen LogP contribution in [0.4, 0.5) is 0 Å². The number of hydrogen-bond donors (Lipinski definition) is 0. The molecule has 0 N–H and O–H groups in total. The van der Waals surface area contributed by atoms with Gasteiger partial charge in [0.25, 0.3) is 0 Å². The maximum absolute atomic E-state index is 5.56. The van der Waals surface area contributed by atoms with E-state index in [4.69, 9.17) is 23.2 Å². The number of hydrogen-bond acceptors (Lipinski definition) is 3. The van der Waals surface area contributed by atoms with Gasteiger partial charge in [-0.15, -0.1) is 10.2 Å². The first-order valence-electron chi connectivity index (χ1n) is 2.42. The van der Waals surface area contributed by atoms with E-state index in [0.717, 1.165) is 0 Å². The lowest BCUT2D eigenvalue weighted by atomic mass is 10.5. The fraction of sp³-hybridized carbons (Fsp3) is 0. The van der Waals surface area contributed by atoms with E-state index in [9.17, 15) is 0 Å². The van der Waals surface area contributed by atoms with E-state index in [-0.39, 0.29) is 10.4 Å². The zero-order valence-electron chi connectivity index (χ0n) is 4.88. The molecule has 1 aromatic rings. The first-order chi connectivity index (χ1) is 4.74. The molecule has 0 aliphatic carbocycles. The second-order valence-corrected chi connectivity index (χ2v) is 2.16. The van der Waals surface area contributed by atoms with Gasteiger partial charge in [0, 0.05) is 0 Å². The molecule has 0 atom stereocenters. The second-order valence-electron chi connectivity index (χ2n) is 1.46. The Morgan fingerprint density at radius 1 is 1.30 bits per heavy atom. The van der Waals surface area contributed by atoms with Crippen LogP contribution in [-0.4, -0.2) is 15.2 Å².